The monoisotopic (exact) mass is 746 g/mol. The summed E-state index contributed by atoms with van der Waals surface area (Å²) in [6, 6.07) is 28.1. The predicted molar refractivity (Wildman–Crippen MR) is 204 cm³/mol. The summed E-state index contributed by atoms with van der Waals surface area (Å²) in [7, 11) is 12.2. The second kappa shape index (κ2) is 11.8. The molecule has 6 rings (SSSR count). The second-order valence-electron chi connectivity index (χ2n) is 15.3. The molecule has 2 aliphatic rings. The number of rotatable bonds is 7. The number of halogens is 2. The summed E-state index contributed by atoms with van der Waals surface area (Å²) in [5, 5.41) is 6.13. The fraction of sp³-hybridized carbons (Fsp3) is 0.316. The summed E-state index contributed by atoms with van der Waals surface area (Å²) in [4.78, 5) is 0. The summed E-state index contributed by atoms with van der Waals surface area (Å²) in [6.07, 6.45) is 3.52. The van der Waals surface area contributed by atoms with E-state index in [2.05, 4.69) is 139 Å². The van der Waals surface area contributed by atoms with E-state index in [1.807, 2.05) is 0 Å². The summed E-state index contributed by atoms with van der Waals surface area (Å²) in [6.45, 7) is 21.8. The summed E-state index contributed by atoms with van der Waals surface area (Å²) in [5.74, 6) is 0.371. The molecule has 0 bridgehead atoms. The zero-order valence-electron chi connectivity index (χ0n) is 27.8. The quantitative estimate of drug-likeness (QED) is 0.148. The number of aryl methyl sites for hydroxylation is 1. The van der Waals surface area contributed by atoms with Crippen LogP contribution in [0.5, 0.6) is 0 Å². The molecular weight excluding hydrogens is 703 g/mol. The van der Waals surface area contributed by atoms with Crippen molar-refractivity contribution in [3.8, 4) is 22.3 Å². The first-order valence-corrected chi connectivity index (χ1v) is 33.6. The van der Waals surface area contributed by atoms with E-state index in [1.54, 1.807) is 10.4 Å². The molecule has 44 heavy (non-hydrogen) atoms. The number of fused-ring (bicyclic) bond motifs is 4. The Morgan fingerprint density at radius 3 is 2.05 bits per heavy atom. The summed E-state index contributed by atoms with van der Waals surface area (Å²) >= 11 is -4.03. The molecule has 0 saturated carbocycles. The van der Waals surface area contributed by atoms with Crippen LogP contribution in [0.15, 0.2) is 78.4 Å². The maximum atomic E-state index is 7.97. The number of benzene rings is 4. The molecule has 228 valence electrons. The third-order valence-corrected chi connectivity index (χ3v) is 28.2. The second-order valence-corrected chi connectivity index (χ2v) is 41.3. The SMILES string of the molecule is CCc1ccc2c(c1-c1cc([Si](C)(C)C)cc([Si](C)(C)C)c1)C=C(C(C)C)[CH]2[Zr]([Cl])([Cl])[c]1cccc2c1[SiH2]c1ccccc1-2. The van der Waals surface area contributed by atoms with Crippen molar-refractivity contribution >= 4 is 72.8 Å². The van der Waals surface area contributed by atoms with Crippen LogP contribution in [0, 0.1) is 5.92 Å². The van der Waals surface area contributed by atoms with Crippen molar-refractivity contribution in [2.24, 2.45) is 5.92 Å². The Hall–Kier alpha value is -1.27. The van der Waals surface area contributed by atoms with Crippen LogP contribution in [-0.4, -0.2) is 25.7 Å². The van der Waals surface area contributed by atoms with Gasteiger partial charge in [0.25, 0.3) is 0 Å². The zero-order chi connectivity index (χ0) is 31.8. The van der Waals surface area contributed by atoms with Gasteiger partial charge in [0.15, 0.2) is 0 Å². The first-order valence-electron chi connectivity index (χ1n) is 16.2. The standard InChI is InChI=1S/C26H37Si2.C12H9Si.2ClH.Zr/c1-10-19-11-12-20-13-21(18(2)3)16-25(20)26(19)22-14-23(27(4,5)6)17-24(15-22)28(7,8)9;1-3-7-11-9(5-1)10-6-2-4-8-12(10)13-11;;;/h11-18H,10H2,1-9H3;1-7H,13H2;2*1H;/q;;;;+2/p-2. The van der Waals surface area contributed by atoms with Gasteiger partial charge in [0.1, 0.15) is 0 Å². The van der Waals surface area contributed by atoms with Gasteiger partial charge < -0.3 is 0 Å². The third-order valence-electron chi connectivity index (χ3n) is 9.89. The topological polar surface area (TPSA) is 0 Å². The molecule has 4 aromatic carbocycles. The van der Waals surface area contributed by atoms with Gasteiger partial charge in [0.05, 0.1) is 0 Å². The normalized spacial score (nSPS) is 16.7. The Morgan fingerprint density at radius 2 is 1.43 bits per heavy atom. The molecule has 0 N–H and O–H groups in total. The van der Waals surface area contributed by atoms with E-state index in [4.69, 9.17) is 17.0 Å². The van der Waals surface area contributed by atoms with Gasteiger partial charge in [-0.25, -0.2) is 0 Å². The predicted octanol–water partition coefficient (Wildman–Crippen LogP) is 7.99. The van der Waals surface area contributed by atoms with Crippen LogP contribution in [-0.2, 0) is 24.3 Å². The van der Waals surface area contributed by atoms with Crippen molar-refractivity contribution in [2.45, 2.75) is 70.1 Å². The van der Waals surface area contributed by atoms with Crippen LogP contribution in [0.3, 0.4) is 0 Å². The van der Waals surface area contributed by atoms with Gasteiger partial charge in [0, 0.05) is 0 Å². The molecule has 6 heteroatoms. The van der Waals surface area contributed by atoms with Crippen molar-refractivity contribution in [3.05, 3.63) is 95.1 Å². The molecule has 0 amide bonds. The maximum absolute atomic E-state index is 7.97. The first-order chi connectivity index (χ1) is 20.6. The van der Waals surface area contributed by atoms with Crippen LogP contribution < -0.4 is 24.0 Å². The first kappa shape index (κ1) is 32.7. The van der Waals surface area contributed by atoms with Crippen LogP contribution in [0.2, 0.25) is 39.3 Å². The van der Waals surface area contributed by atoms with E-state index in [0.29, 0.717) is 5.92 Å². The van der Waals surface area contributed by atoms with Crippen molar-refractivity contribution in [1.82, 2.24) is 0 Å². The van der Waals surface area contributed by atoms with Gasteiger partial charge in [-0.1, -0.05) is 0 Å². The Labute approximate surface area is 281 Å². The number of allylic oxidation sites excluding steroid dienone is 1. The molecule has 4 aromatic rings. The van der Waals surface area contributed by atoms with E-state index in [-0.39, 0.29) is 3.63 Å². The van der Waals surface area contributed by atoms with Gasteiger partial charge in [-0.2, -0.15) is 0 Å². The van der Waals surface area contributed by atoms with E-state index in [9.17, 15) is 0 Å². The van der Waals surface area contributed by atoms with E-state index >= 15 is 0 Å². The fourth-order valence-corrected chi connectivity index (χ4v) is 26.9. The average Bonchev–Trinajstić information content (AvgIpc) is 3.55. The van der Waals surface area contributed by atoms with Crippen molar-refractivity contribution in [3.63, 3.8) is 0 Å². The van der Waals surface area contributed by atoms with E-state index in [1.165, 1.54) is 58.2 Å². The van der Waals surface area contributed by atoms with Gasteiger partial charge >= 0.3 is 284 Å². The molecule has 1 heterocycles. The fourth-order valence-electron chi connectivity index (χ4n) is 7.32. The van der Waals surface area contributed by atoms with Crippen LogP contribution in [0.4, 0.5) is 0 Å². The summed E-state index contributed by atoms with van der Waals surface area (Å²) < 4.78 is 1.42. The molecule has 1 aliphatic carbocycles. The van der Waals surface area contributed by atoms with Crippen LogP contribution in [0.1, 0.15) is 41.1 Å². The molecule has 0 fully saturated rings. The molecule has 1 aliphatic heterocycles. The Kier molecular flexibility index (Phi) is 8.73. The number of hydrogen-bond donors (Lipinski definition) is 0. The molecular formula is C38H46Cl2Si3Zr. The van der Waals surface area contributed by atoms with Gasteiger partial charge in [0.2, 0.25) is 0 Å². The summed E-state index contributed by atoms with van der Waals surface area (Å²) in [5.41, 5.74) is 11.2. The molecule has 0 nitrogen and oxygen atoms in total. The average molecular weight is 749 g/mol. The molecule has 1 unspecified atom stereocenters. The molecule has 0 aromatic heterocycles. The Balaban J connectivity index is 1.57. The minimum absolute atomic E-state index is 0.105. The Morgan fingerprint density at radius 1 is 0.795 bits per heavy atom. The van der Waals surface area contributed by atoms with Gasteiger partial charge in [-0.05, 0) is 0 Å². The van der Waals surface area contributed by atoms with Gasteiger partial charge in [-0.15, -0.1) is 0 Å². The van der Waals surface area contributed by atoms with Crippen molar-refractivity contribution in [2.75, 3.05) is 0 Å². The molecule has 1 atom stereocenters. The zero-order valence-corrected chi connectivity index (χ0v) is 35.2. The number of hydrogen-bond acceptors (Lipinski definition) is 0. The van der Waals surface area contributed by atoms with Crippen LogP contribution >= 0.6 is 17.0 Å². The van der Waals surface area contributed by atoms with E-state index in [0.717, 1.165) is 6.42 Å². The molecule has 0 spiro atoms. The molecule has 0 saturated heterocycles. The minimum atomic E-state index is -4.03. The van der Waals surface area contributed by atoms with Crippen LogP contribution in [0.25, 0.3) is 28.3 Å². The molecule has 0 radical (unpaired) electrons. The third kappa shape index (κ3) is 5.65. The van der Waals surface area contributed by atoms with E-state index < -0.39 is 43.5 Å². The van der Waals surface area contributed by atoms with Crippen molar-refractivity contribution in [1.29, 1.82) is 0 Å². The van der Waals surface area contributed by atoms with Crippen molar-refractivity contribution < 1.29 is 17.9 Å². The van der Waals surface area contributed by atoms with Gasteiger partial charge in [-0.3, -0.25) is 0 Å². The Bertz CT molecular complexity index is 1780.